The van der Waals surface area contributed by atoms with E-state index in [0.717, 1.165) is 0 Å². The highest BCUT2D eigenvalue weighted by atomic mass is 19.3. The Morgan fingerprint density at radius 2 is 1.88 bits per heavy atom. The van der Waals surface area contributed by atoms with Crippen LogP contribution in [0, 0.1) is 5.82 Å². The predicted octanol–water partition coefficient (Wildman–Crippen LogP) is 3.52. The summed E-state index contributed by atoms with van der Waals surface area (Å²) in [5, 5.41) is 2.53. The summed E-state index contributed by atoms with van der Waals surface area (Å²) in [5.41, 5.74) is 0.772. The molecule has 1 N–H and O–H groups in total. The SMILES string of the molecule is O=C(Nc1cc(F)cc(N2CCOCC2)c1)c1ccccc1OC(F)F. The van der Waals surface area contributed by atoms with Crippen LogP contribution in [0.2, 0.25) is 0 Å². The van der Waals surface area contributed by atoms with Gasteiger partial charge in [-0.1, -0.05) is 12.1 Å². The fraction of sp³-hybridized carbons (Fsp3) is 0.278. The van der Waals surface area contributed by atoms with Gasteiger partial charge in [0.2, 0.25) is 0 Å². The minimum absolute atomic E-state index is 0.0648. The second kappa shape index (κ2) is 8.09. The lowest BCUT2D eigenvalue weighted by Crippen LogP contribution is -2.36. The van der Waals surface area contributed by atoms with E-state index in [-0.39, 0.29) is 17.0 Å². The van der Waals surface area contributed by atoms with Gasteiger partial charge in [-0.2, -0.15) is 8.78 Å². The molecule has 0 unspecified atom stereocenters. The van der Waals surface area contributed by atoms with E-state index in [1.165, 1.54) is 36.4 Å². The van der Waals surface area contributed by atoms with Crippen molar-refractivity contribution in [1.29, 1.82) is 0 Å². The van der Waals surface area contributed by atoms with Crippen molar-refractivity contribution in [3.8, 4) is 5.75 Å². The maximum Gasteiger partial charge on any atom is 0.387 e. The van der Waals surface area contributed by atoms with Gasteiger partial charge in [-0.05, 0) is 30.3 Å². The van der Waals surface area contributed by atoms with Crippen LogP contribution in [0.3, 0.4) is 0 Å². The average Bonchev–Trinajstić information content (AvgIpc) is 2.62. The second-order valence-corrected chi connectivity index (χ2v) is 5.63. The van der Waals surface area contributed by atoms with E-state index in [1.807, 2.05) is 4.90 Å². The van der Waals surface area contributed by atoms with Crippen LogP contribution in [-0.4, -0.2) is 38.8 Å². The number of ether oxygens (including phenoxy) is 2. The Balaban J connectivity index is 1.80. The number of halogens is 3. The van der Waals surface area contributed by atoms with Gasteiger partial charge in [0, 0.05) is 24.5 Å². The molecule has 0 radical (unpaired) electrons. The summed E-state index contributed by atoms with van der Waals surface area (Å²) in [6.45, 7) is -0.747. The molecule has 0 bridgehead atoms. The summed E-state index contributed by atoms with van der Waals surface area (Å²) >= 11 is 0. The third-order valence-corrected chi connectivity index (χ3v) is 3.86. The first-order chi connectivity index (χ1) is 12.5. The molecule has 1 saturated heterocycles. The predicted molar refractivity (Wildman–Crippen MR) is 90.5 cm³/mol. The zero-order valence-electron chi connectivity index (χ0n) is 13.8. The number of nitrogens with one attached hydrogen (secondary N) is 1. The van der Waals surface area contributed by atoms with Crippen molar-refractivity contribution < 1.29 is 27.4 Å². The lowest BCUT2D eigenvalue weighted by atomic mass is 10.1. The monoisotopic (exact) mass is 366 g/mol. The molecule has 1 aliphatic rings. The van der Waals surface area contributed by atoms with Crippen LogP contribution in [0.15, 0.2) is 42.5 Å². The first-order valence-electron chi connectivity index (χ1n) is 8.01. The van der Waals surface area contributed by atoms with E-state index in [1.54, 1.807) is 6.07 Å². The first kappa shape index (κ1) is 18.1. The molecule has 8 heteroatoms. The number of benzene rings is 2. The van der Waals surface area contributed by atoms with Gasteiger partial charge in [-0.15, -0.1) is 0 Å². The standard InChI is InChI=1S/C18H17F3N2O3/c19-12-9-13(11-14(10-12)23-5-7-25-8-6-23)22-17(24)15-3-1-2-4-16(15)26-18(20)21/h1-4,9-11,18H,5-8H2,(H,22,24). The van der Waals surface area contributed by atoms with Gasteiger partial charge in [0.15, 0.2) is 0 Å². The van der Waals surface area contributed by atoms with Crippen molar-refractivity contribution in [2.75, 3.05) is 36.5 Å². The van der Waals surface area contributed by atoms with Crippen LogP contribution < -0.4 is 15.0 Å². The highest BCUT2D eigenvalue weighted by molar-refractivity contribution is 6.06. The first-order valence-corrected chi connectivity index (χ1v) is 8.01. The number of anilines is 2. The third-order valence-electron chi connectivity index (χ3n) is 3.86. The molecule has 1 amide bonds. The van der Waals surface area contributed by atoms with Crippen LogP contribution in [0.25, 0.3) is 0 Å². The summed E-state index contributed by atoms with van der Waals surface area (Å²) < 4.78 is 48.5. The summed E-state index contributed by atoms with van der Waals surface area (Å²) in [4.78, 5) is 14.4. The Hall–Kier alpha value is -2.74. The van der Waals surface area contributed by atoms with Gasteiger partial charge in [0.25, 0.3) is 5.91 Å². The molecule has 5 nitrogen and oxygen atoms in total. The van der Waals surface area contributed by atoms with E-state index in [9.17, 15) is 18.0 Å². The molecule has 0 saturated carbocycles. The minimum Gasteiger partial charge on any atom is -0.434 e. The van der Waals surface area contributed by atoms with Crippen molar-refractivity contribution >= 4 is 17.3 Å². The van der Waals surface area contributed by atoms with Gasteiger partial charge in [-0.25, -0.2) is 4.39 Å². The summed E-state index contributed by atoms with van der Waals surface area (Å²) in [6.07, 6.45) is 0. The zero-order chi connectivity index (χ0) is 18.5. The van der Waals surface area contributed by atoms with E-state index in [0.29, 0.717) is 32.0 Å². The molecule has 2 aromatic carbocycles. The molecule has 1 heterocycles. The zero-order valence-corrected chi connectivity index (χ0v) is 13.8. The number of carbonyl (C=O) groups is 1. The van der Waals surface area contributed by atoms with Crippen molar-refractivity contribution in [3.05, 3.63) is 53.8 Å². The number of hydrogen-bond donors (Lipinski definition) is 1. The fourth-order valence-electron chi connectivity index (χ4n) is 2.70. The molecule has 0 aromatic heterocycles. The molecular formula is C18H17F3N2O3. The van der Waals surface area contributed by atoms with Gasteiger partial charge in [0.1, 0.15) is 11.6 Å². The normalized spacial score (nSPS) is 14.4. The molecule has 0 atom stereocenters. The topological polar surface area (TPSA) is 50.8 Å². The number of amides is 1. The van der Waals surface area contributed by atoms with Gasteiger partial charge < -0.3 is 19.7 Å². The van der Waals surface area contributed by atoms with E-state index in [4.69, 9.17) is 4.74 Å². The molecule has 1 aliphatic heterocycles. The third kappa shape index (κ3) is 4.45. The van der Waals surface area contributed by atoms with E-state index in [2.05, 4.69) is 10.1 Å². The Morgan fingerprint density at radius 1 is 1.15 bits per heavy atom. The molecule has 3 rings (SSSR count). The highest BCUT2D eigenvalue weighted by Gasteiger charge is 2.17. The lowest BCUT2D eigenvalue weighted by Gasteiger charge is -2.29. The smallest absolute Gasteiger partial charge is 0.387 e. The lowest BCUT2D eigenvalue weighted by molar-refractivity contribution is -0.0501. The van der Waals surface area contributed by atoms with Crippen LogP contribution in [0.1, 0.15) is 10.4 Å². The quantitative estimate of drug-likeness (QED) is 0.880. The van der Waals surface area contributed by atoms with Gasteiger partial charge in [-0.3, -0.25) is 4.79 Å². The Bertz CT molecular complexity index is 780. The van der Waals surface area contributed by atoms with Crippen LogP contribution in [-0.2, 0) is 4.74 Å². The van der Waals surface area contributed by atoms with E-state index < -0.39 is 18.3 Å². The van der Waals surface area contributed by atoms with E-state index >= 15 is 0 Å². The maximum absolute atomic E-state index is 14.0. The Kier molecular flexibility index (Phi) is 5.62. The van der Waals surface area contributed by atoms with Crippen molar-refractivity contribution in [3.63, 3.8) is 0 Å². The summed E-state index contributed by atoms with van der Waals surface area (Å²) in [5.74, 6) is -1.43. The Labute approximate surface area is 148 Å². The van der Waals surface area contributed by atoms with Gasteiger partial charge in [0.05, 0.1) is 18.8 Å². The van der Waals surface area contributed by atoms with Crippen molar-refractivity contribution in [2.24, 2.45) is 0 Å². The number of alkyl halides is 2. The number of nitrogens with zero attached hydrogens (tertiary/aromatic N) is 1. The summed E-state index contributed by atoms with van der Waals surface area (Å²) in [7, 11) is 0. The highest BCUT2D eigenvalue weighted by Crippen LogP contribution is 2.25. The summed E-state index contributed by atoms with van der Waals surface area (Å²) in [6, 6.07) is 9.79. The molecule has 138 valence electrons. The van der Waals surface area contributed by atoms with Crippen molar-refractivity contribution in [2.45, 2.75) is 6.61 Å². The molecule has 0 spiro atoms. The minimum atomic E-state index is -3.05. The van der Waals surface area contributed by atoms with Crippen molar-refractivity contribution in [1.82, 2.24) is 0 Å². The van der Waals surface area contributed by atoms with Crippen LogP contribution in [0.5, 0.6) is 5.75 Å². The molecule has 26 heavy (non-hydrogen) atoms. The number of morpholine rings is 1. The largest absolute Gasteiger partial charge is 0.434 e. The number of carbonyl (C=O) groups excluding carboxylic acids is 1. The second-order valence-electron chi connectivity index (χ2n) is 5.63. The molecule has 2 aromatic rings. The molecule has 0 aliphatic carbocycles. The number of rotatable bonds is 5. The molecular weight excluding hydrogens is 349 g/mol. The maximum atomic E-state index is 14.0. The van der Waals surface area contributed by atoms with Crippen LogP contribution >= 0.6 is 0 Å². The fourth-order valence-corrected chi connectivity index (χ4v) is 2.70. The Morgan fingerprint density at radius 3 is 2.62 bits per heavy atom. The number of hydrogen-bond acceptors (Lipinski definition) is 4. The van der Waals surface area contributed by atoms with Crippen LogP contribution in [0.4, 0.5) is 24.5 Å². The van der Waals surface area contributed by atoms with Gasteiger partial charge >= 0.3 is 6.61 Å². The number of para-hydroxylation sites is 1. The average molecular weight is 366 g/mol. The molecule has 1 fully saturated rings.